The van der Waals surface area contributed by atoms with Crippen molar-refractivity contribution in [1.82, 2.24) is 5.32 Å². The molecule has 0 aliphatic rings. The summed E-state index contributed by atoms with van der Waals surface area (Å²) in [5.74, 6) is -0.0813. The highest BCUT2D eigenvalue weighted by molar-refractivity contribution is 7.80. The van der Waals surface area contributed by atoms with Crippen molar-refractivity contribution in [3.63, 3.8) is 0 Å². The van der Waals surface area contributed by atoms with Crippen LogP contribution in [0, 0.1) is 0 Å². The fraction of sp³-hybridized carbons (Fsp3) is 0.200. The summed E-state index contributed by atoms with van der Waals surface area (Å²) < 4.78 is 0. The largest absolute Gasteiger partial charge is 0.389 e. The Morgan fingerprint density at radius 2 is 1.95 bits per heavy atom. The van der Waals surface area contributed by atoms with Gasteiger partial charge in [-0.05, 0) is 47.9 Å². The van der Waals surface area contributed by atoms with Gasteiger partial charge in [0.2, 0.25) is 0 Å². The van der Waals surface area contributed by atoms with Gasteiger partial charge in [-0.1, -0.05) is 24.4 Å². The highest BCUT2D eigenvalue weighted by atomic mass is 32.1. The van der Waals surface area contributed by atoms with Gasteiger partial charge in [-0.2, -0.15) is 11.3 Å². The number of carbonyl (C=O) groups excluding carboxylic acids is 1. The number of carbonyl (C=O) groups is 1. The number of thiophene rings is 1. The van der Waals surface area contributed by atoms with Crippen molar-refractivity contribution < 1.29 is 4.79 Å². The Balaban J connectivity index is 1.95. The molecule has 1 aromatic heterocycles. The monoisotopic (exact) mass is 304 g/mol. The number of thiocarbonyl (C=S) groups is 1. The first-order valence-corrected chi connectivity index (χ1v) is 7.63. The number of amides is 1. The SMILES string of the molecule is CC(Cc1ccsc1)NC(=O)c1ccc(C(N)=S)cc1. The smallest absolute Gasteiger partial charge is 0.251 e. The number of hydrogen-bond acceptors (Lipinski definition) is 3. The number of hydrogen-bond donors (Lipinski definition) is 2. The predicted octanol–water partition coefficient (Wildman–Crippen LogP) is 2.74. The lowest BCUT2D eigenvalue weighted by molar-refractivity contribution is 0.0940. The van der Waals surface area contributed by atoms with E-state index in [9.17, 15) is 4.79 Å². The van der Waals surface area contributed by atoms with Crippen LogP contribution >= 0.6 is 23.6 Å². The summed E-state index contributed by atoms with van der Waals surface area (Å²) in [4.78, 5) is 12.4. The average molecular weight is 304 g/mol. The summed E-state index contributed by atoms with van der Waals surface area (Å²) in [6.45, 7) is 2.00. The summed E-state index contributed by atoms with van der Waals surface area (Å²) in [6.07, 6.45) is 0.834. The lowest BCUT2D eigenvalue weighted by atomic mass is 10.1. The molecule has 0 radical (unpaired) electrons. The molecule has 104 valence electrons. The van der Waals surface area contributed by atoms with E-state index in [2.05, 4.69) is 16.8 Å². The van der Waals surface area contributed by atoms with Gasteiger partial charge in [0.1, 0.15) is 4.99 Å². The van der Waals surface area contributed by atoms with Gasteiger partial charge in [-0.25, -0.2) is 0 Å². The van der Waals surface area contributed by atoms with Crippen LogP contribution in [0.2, 0.25) is 0 Å². The molecule has 1 aromatic carbocycles. The molecule has 1 atom stereocenters. The molecule has 3 N–H and O–H groups in total. The third-order valence-electron chi connectivity index (χ3n) is 2.93. The fourth-order valence-electron chi connectivity index (χ4n) is 1.91. The molecule has 0 fully saturated rings. The minimum atomic E-state index is -0.0813. The third-order valence-corrected chi connectivity index (χ3v) is 3.90. The van der Waals surface area contributed by atoms with Crippen molar-refractivity contribution in [1.29, 1.82) is 0 Å². The summed E-state index contributed by atoms with van der Waals surface area (Å²) in [7, 11) is 0. The molecule has 0 saturated heterocycles. The van der Waals surface area contributed by atoms with Gasteiger partial charge in [0, 0.05) is 17.2 Å². The first-order valence-electron chi connectivity index (χ1n) is 6.28. The molecule has 1 unspecified atom stereocenters. The predicted molar refractivity (Wildman–Crippen MR) is 87.3 cm³/mol. The van der Waals surface area contributed by atoms with Gasteiger partial charge in [0.15, 0.2) is 0 Å². The molecule has 0 spiro atoms. The molecule has 5 heteroatoms. The molecule has 2 aromatic rings. The normalized spacial score (nSPS) is 11.8. The fourth-order valence-corrected chi connectivity index (χ4v) is 2.72. The van der Waals surface area contributed by atoms with Crippen LogP contribution in [0.5, 0.6) is 0 Å². The summed E-state index contributed by atoms with van der Waals surface area (Å²) in [6, 6.07) is 9.17. The number of benzene rings is 1. The Kier molecular flexibility index (Phi) is 4.87. The van der Waals surface area contributed by atoms with Crippen LogP contribution in [0.1, 0.15) is 28.4 Å². The third kappa shape index (κ3) is 3.88. The zero-order valence-corrected chi connectivity index (χ0v) is 12.8. The van der Waals surface area contributed by atoms with E-state index in [1.165, 1.54) is 5.56 Å². The lowest BCUT2D eigenvalue weighted by Crippen LogP contribution is -2.34. The quantitative estimate of drug-likeness (QED) is 0.835. The van der Waals surface area contributed by atoms with Gasteiger partial charge >= 0.3 is 0 Å². The van der Waals surface area contributed by atoms with E-state index in [-0.39, 0.29) is 11.9 Å². The number of nitrogens with two attached hydrogens (primary N) is 1. The second-order valence-electron chi connectivity index (χ2n) is 4.65. The molecule has 20 heavy (non-hydrogen) atoms. The molecule has 0 aliphatic carbocycles. The molecule has 0 aliphatic heterocycles. The maximum Gasteiger partial charge on any atom is 0.251 e. The van der Waals surface area contributed by atoms with E-state index in [0.717, 1.165) is 12.0 Å². The topological polar surface area (TPSA) is 55.1 Å². The van der Waals surface area contributed by atoms with Crippen molar-refractivity contribution in [2.75, 3.05) is 0 Å². The molecular weight excluding hydrogens is 288 g/mol. The molecule has 0 saturated carbocycles. The minimum Gasteiger partial charge on any atom is -0.389 e. The van der Waals surface area contributed by atoms with Gasteiger partial charge in [-0.3, -0.25) is 4.79 Å². The Hall–Kier alpha value is -1.72. The van der Waals surface area contributed by atoms with Crippen LogP contribution in [0.15, 0.2) is 41.1 Å². The van der Waals surface area contributed by atoms with E-state index in [4.69, 9.17) is 18.0 Å². The van der Waals surface area contributed by atoms with Crippen LogP contribution in [0.3, 0.4) is 0 Å². The zero-order chi connectivity index (χ0) is 14.5. The minimum absolute atomic E-state index is 0.0813. The van der Waals surface area contributed by atoms with Crippen LogP contribution in [-0.2, 0) is 6.42 Å². The van der Waals surface area contributed by atoms with Crippen molar-refractivity contribution in [2.24, 2.45) is 5.73 Å². The van der Waals surface area contributed by atoms with Crippen molar-refractivity contribution >= 4 is 34.5 Å². The Morgan fingerprint density at radius 1 is 1.30 bits per heavy atom. The van der Waals surface area contributed by atoms with E-state index in [0.29, 0.717) is 10.6 Å². The van der Waals surface area contributed by atoms with Crippen molar-refractivity contribution in [3.8, 4) is 0 Å². The second-order valence-corrected chi connectivity index (χ2v) is 5.87. The van der Waals surface area contributed by atoms with E-state index >= 15 is 0 Å². The Morgan fingerprint density at radius 3 is 2.50 bits per heavy atom. The molecule has 1 heterocycles. The van der Waals surface area contributed by atoms with E-state index < -0.39 is 0 Å². The number of rotatable bonds is 5. The van der Waals surface area contributed by atoms with E-state index in [1.807, 2.05) is 12.3 Å². The lowest BCUT2D eigenvalue weighted by Gasteiger charge is -2.13. The van der Waals surface area contributed by atoms with Crippen LogP contribution < -0.4 is 11.1 Å². The zero-order valence-electron chi connectivity index (χ0n) is 11.1. The number of nitrogens with one attached hydrogen (secondary N) is 1. The van der Waals surface area contributed by atoms with Crippen molar-refractivity contribution in [3.05, 3.63) is 57.8 Å². The first kappa shape index (κ1) is 14.7. The van der Waals surface area contributed by atoms with E-state index in [1.54, 1.807) is 35.6 Å². The second kappa shape index (κ2) is 6.63. The van der Waals surface area contributed by atoms with Crippen LogP contribution in [0.25, 0.3) is 0 Å². The van der Waals surface area contributed by atoms with Gasteiger partial charge < -0.3 is 11.1 Å². The molecular formula is C15H16N2OS2. The average Bonchev–Trinajstić information content (AvgIpc) is 2.91. The Labute approximate surface area is 127 Å². The highest BCUT2D eigenvalue weighted by Crippen LogP contribution is 2.09. The molecule has 1 amide bonds. The standard InChI is InChI=1S/C15H16N2OS2/c1-10(8-11-6-7-20-9-11)17-15(18)13-4-2-12(3-5-13)14(16)19/h2-7,9-10H,8H2,1H3,(H2,16,19)(H,17,18). The molecule has 0 bridgehead atoms. The maximum absolute atomic E-state index is 12.1. The van der Waals surface area contributed by atoms with Gasteiger partial charge in [0.05, 0.1) is 0 Å². The molecule has 2 rings (SSSR count). The van der Waals surface area contributed by atoms with Gasteiger partial charge in [-0.15, -0.1) is 0 Å². The summed E-state index contributed by atoms with van der Waals surface area (Å²) in [5, 5.41) is 7.12. The highest BCUT2D eigenvalue weighted by Gasteiger charge is 2.10. The maximum atomic E-state index is 12.1. The van der Waals surface area contributed by atoms with Crippen LogP contribution in [-0.4, -0.2) is 16.9 Å². The molecule has 3 nitrogen and oxygen atoms in total. The first-order chi connectivity index (χ1) is 9.56. The summed E-state index contributed by atoms with van der Waals surface area (Å²) >= 11 is 6.55. The van der Waals surface area contributed by atoms with Gasteiger partial charge in [0.25, 0.3) is 5.91 Å². The summed E-state index contributed by atoms with van der Waals surface area (Å²) in [5.41, 5.74) is 8.15. The van der Waals surface area contributed by atoms with Crippen LogP contribution in [0.4, 0.5) is 0 Å². The Bertz CT molecular complexity index is 591. The van der Waals surface area contributed by atoms with Crippen molar-refractivity contribution in [2.45, 2.75) is 19.4 Å².